The Morgan fingerprint density at radius 2 is 2.15 bits per heavy atom. The molecule has 5 nitrogen and oxygen atoms in total. The Labute approximate surface area is 122 Å². The summed E-state index contributed by atoms with van der Waals surface area (Å²) in [6.45, 7) is 2.33. The molecule has 2 aromatic heterocycles. The molecule has 0 aliphatic rings. The molecule has 0 N–H and O–H groups in total. The Morgan fingerprint density at radius 1 is 1.40 bits per heavy atom. The average Bonchev–Trinajstić information content (AvgIpc) is 3.01. The van der Waals surface area contributed by atoms with Gasteiger partial charge in [0, 0.05) is 17.3 Å². The van der Waals surface area contributed by atoms with E-state index in [9.17, 15) is 13.2 Å². The lowest BCUT2D eigenvalue weighted by Crippen LogP contribution is -2.11. The molecule has 7 heteroatoms. The van der Waals surface area contributed by atoms with Gasteiger partial charge in [0.2, 0.25) is 0 Å². The maximum absolute atomic E-state index is 11.2. The van der Waals surface area contributed by atoms with E-state index in [0.717, 1.165) is 17.6 Å². The standard InChI is InChI=1S/C13H16N2O3S2/c1-3-11-4-5-12(19-11)13-10(9-16)8-15(14-13)6-7-20(2,17)18/h4-5,8-9H,3,6-7H2,1-2H3. The van der Waals surface area contributed by atoms with E-state index in [1.807, 2.05) is 12.1 Å². The second kappa shape index (κ2) is 5.88. The third-order valence-corrected chi connectivity index (χ3v) is 5.01. The number of aryl methyl sites for hydroxylation is 2. The largest absolute Gasteiger partial charge is 0.298 e. The predicted octanol–water partition coefficient (Wildman–Crippen LogP) is 2.03. The number of carbonyl (C=O) groups excluding carboxylic acids is 1. The summed E-state index contributed by atoms with van der Waals surface area (Å²) in [6, 6.07) is 3.96. The number of hydrogen-bond donors (Lipinski definition) is 0. The lowest BCUT2D eigenvalue weighted by Gasteiger charge is -1.99. The number of thiophene rings is 1. The predicted molar refractivity (Wildman–Crippen MR) is 80.0 cm³/mol. The molecule has 0 unspecified atom stereocenters. The van der Waals surface area contributed by atoms with E-state index in [0.29, 0.717) is 11.3 Å². The van der Waals surface area contributed by atoms with Crippen LogP contribution in [0.3, 0.4) is 0 Å². The minimum absolute atomic E-state index is 0.0110. The molecule has 0 aliphatic heterocycles. The summed E-state index contributed by atoms with van der Waals surface area (Å²) < 4.78 is 23.9. The van der Waals surface area contributed by atoms with Gasteiger partial charge in [-0.05, 0) is 18.6 Å². The van der Waals surface area contributed by atoms with Crippen LogP contribution in [0.4, 0.5) is 0 Å². The molecule has 0 radical (unpaired) electrons. The maximum Gasteiger partial charge on any atom is 0.153 e. The molecular formula is C13H16N2O3S2. The molecule has 0 aromatic carbocycles. The van der Waals surface area contributed by atoms with Crippen molar-refractivity contribution in [1.82, 2.24) is 9.78 Å². The minimum Gasteiger partial charge on any atom is -0.298 e. The van der Waals surface area contributed by atoms with Crippen molar-refractivity contribution >= 4 is 27.5 Å². The van der Waals surface area contributed by atoms with Crippen LogP contribution in [-0.4, -0.2) is 36.5 Å². The first kappa shape index (κ1) is 14.9. The molecule has 0 amide bonds. The summed E-state index contributed by atoms with van der Waals surface area (Å²) in [5.74, 6) is 0.0110. The molecule has 0 fully saturated rings. The highest BCUT2D eigenvalue weighted by Crippen LogP contribution is 2.29. The number of hydrogen-bond acceptors (Lipinski definition) is 5. The van der Waals surface area contributed by atoms with Gasteiger partial charge >= 0.3 is 0 Å². The van der Waals surface area contributed by atoms with Crippen LogP contribution < -0.4 is 0 Å². The Balaban J connectivity index is 2.29. The van der Waals surface area contributed by atoms with Crippen molar-refractivity contribution in [3.8, 4) is 10.6 Å². The number of sulfone groups is 1. The summed E-state index contributed by atoms with van der Waals surface area (Å²) in [7, 11) is -3.04. The Hall–Kier alpha value is -1.47. The van der Waals surface area contributed by atoms with E-state index in [4.69, 9.17) is 0 Å². The molecule has 0 aliphatic carbocycles. The summed E-state index contributed by atoms with van der Waals surface area (Å²) in [4.78, 5) is 13.3. The maximum atomic E-state index is 11.2. The van der Waals surface area contributed by atoms with E-state index in [2.05, 4.69) is 12.0 Å². The highest BCUT2D eigenvalue weighted by atomic mass is 32.2. The summed E-state index contributed by atoms with van der Waals surface area (Å²) in [6.07, 6.45) is 4.48. The van der Waals surface area contributed by atoms with Gasteiger partial charge in [-0.15, -0.1) is 11.3 Å². The molecule has 0 spiro atoms. The second-order valence-electron chi connectivity index (χ2n) is 4.56. The van der Waals surface area contributed by atoms with E-state index in [-0.39, 0.29) is 12.3 Å². The first-order valence-corrected chi connectivity index (χ1v) is 9.10. The van der Waals surface area contributed by atoms with Crippen molar-refractivity contribution in [3.63, 3.8) is 0 Å². The molecule has 2 rings (SSSR count). The van der Waals surface area contributed by atoms with Crippen LogP contribution in [0.15, 0.2) is 18.3 Å². The summed E-state index contributed by atoms with van der Waals surface area (Å²) >= 11 is 1.60. The van der Waals surface area contributed by atoms with Crippen LogP contribution in [-0.2, 0) is 22.8 Å². The van der Waals surface area contributed by atoms with E-state index in [1.54, 1.807) is 17.5 Å². The smallest absolute Gasteiger partial charge is 0.153 e. The van der Waals surface area contributed by atoms with Crippen LogP contribution in [0.25, 0.3) is 10.6 Å². The van der Waals surface area contributed by atoms with Gasteiger partial charge in [0.15, 0.2) is 6.29 Å². The van der Waals surface area contributed by atoms with Crippen molar-refractivity contribution < 1.29 is 13.2 Å². The minimum atomic E-state index is -3.04. The van der Waals surface area contributed by atoms with E-state index >= 15 is 0 Å². The van der Waals surface area contributed by atoms with Gasteiger partial charge in [0.05, 0.1) is 22.7 Å². The SMILES string of the molecule is CCc1ccc(-c2nn(CCS(C)(=O)=O)cc2C=O)s1. The zero-order valence-electron chi connectivity index (χ0n) is 11.4. The quantitative estimate of drug-likeness (QED) is 0.765. The zero-order valence-corrected chi connectivity index (χ0v) is 13.0. The third-order valence-electron chi connectivity index (χ3n) is 2.85. The molecular weight excluding hydrogens is 296 g/mol. The molecule has 20 heavy (non-hydrogen) atoms. The number of aldehydes is 1. The van der Waals surface area contributed by atoms with E-state index < -0.39 is 9.84 Å². The fraction of sp³-hybridized carbons (Fsp3) is 0.385. The Kier molecular flexibility index (Phi) is 4.39. The van der Waals surface area contributed by atoms with Gasteiger partial charge < -0.3 is 0 Å². The lowest BCUT2D eigenvalue weighted by molar-refractivity contribution is 0.112. The van der Waals surface area contributed by atoms with Gasteiger partial charge in [-0.1, -0.05) is 6.92 Å². The van der Waals surface area contributed by atoms with Crippen molar-refractivity contribution in [1.29, 1.82) is 0 Å². The van der Waals surface area contributed by atoms with E-state index in [1.165, 1.54) is 15.8 Å². The van der Waals surface area contributed by atoms with Crippen LogP contribution in [0.2, 0.25) is 0 Å². The van der Waals surface area contributed by atoms with Crippen LogP contribution in [0.5, 0.6) is 0 Å². The fourth-order valence-corrected chi connectivity index (χ4v) is 3.26. The van der Waals surface area contributed by atoms with Crippen molar-refractivity contribution in [3.05, 3.63) is 28.8 Å². The highest BCUT2D eigenvalue weighted by Gasteiger charge is 2.13. The third kappa shape index (κ3) is 3.55. The zero-order chi connectivity index (χ0) is 14.8. The first-order valence-electron chi connectivity index (χ1n) is 6.22. The molecule has 0 saturated heterocycles. The van der Waals surface area contributed by atoms with Gasteiger partial charge in [0.1, 0.15) is 15.5 Å². The monoisotopic (exact) mass is 312 g/mol. The topological polar surface area (TPSA) is 69.0 Å². The number of aromatic nitrogens is 2. The Morgan fingerprint density at radius 3 is 2.70 bits per heavy atom. The molecule has 2 heterocycles. The molecule has 0 saturated carbocycles. The first-order chi connectivity index (χ1) is 9.43. The molecule has 108 valence electrons. The van der Waals surface area contributed by atoms with Crippen LogP contribution in [0, 0.1) is 0 Å². The number of rotatable bonds is 6. The summed E-state index contributed by atoms with van der Waals surface area (Å²) in [5, 5.41) is 4.33. The lowest BCUT2D eigenvalue weighted by atomic mass is 10.2. The van der Waals surface area contributed by atoms with Gasteiger partial charge in [-0.2, -0.15) is 5.10 Å². The van der Waals surface area contributed by atoms with Gasteiger partial charge in [-0.3, -0.25) is 9.48 Å². The normalized spacial score (nSPS) is 11.7. The van der Waals surface area contributed by atoms with Crippen LogP contribution in [0.1, 0.15) is 22.2 Å². The fourth-order valence-electron chi connectivity index (χ4n) is 1.78. The number of carbonyl (C=O) groups is 1. The summed E-state index contributed by atoms with van der Waals surface area (Å²) in [5.41, 5.74) is 1.11. The van der Waals surface area contributed by atoms with Gasteiger partial charge in [0.25, 0.3) is 0 Å². The Bertz CT molecular complexity index is 714. The van der Waals surface area contributed by atoms with Crippen molar-refractivity contribution in [2.24, 2.45) is 0 Å². The number of nitrogens with zero attached hydrogens (tertiary/aromatic N) is 2. The average molecular weight is 312 g/mol. The van der Waals surface area contributed by atoms with Gasteiger partial charge in [-0.25, -0.2) is 8.42 Å². The molecule has 0 bridgehead atoms. The molecule has 2 aromatic rings. The van der Waals surface area contributed by atoms with Crippen molar-refractivity contribution in [2.45, 2.75) is 19.9 Å². The van der Waals surface area contributed by atoms with Crippen LogP contribution >= 0.6 is 11.3 Å². The highest BCUT2D eigenvalue weighted by molar-refractivity contribution is 7.90. The van der Waals surface area contributed by atoms with Crippen molar-refractivity contribution in [2.75, 3.05) is 12.0 Å². The molecule has 0 atom stereocenters. The second-order valence-corrected chi connectivity index (χ2v) is 7.99.